The van der Waals surface area contributed by atoms with Crippen LogP contribution in [0, 0.1) is 0 Å². The van der Waals surface area contributed by atoms with Crippen molar-refractivity contribution in [3.63, 3.8) is 0 Å². The van der Waals surface area contributed by atoms with Crippen molar-refractivity contribution in [2.75, 3.05) is 13.1 Å². The SMILES string of the molecule is Brc1nc(C2CNC2)n2ccncc12. The second-order valence-electron chi connectivity index (χ2n) is 3.45. The van der Waals surface area contributed by atoms with Gasteiger partial charge in [0.05, 0.1) is 11.7 Å². The lowest BCUT2D eigenvalue weighted by molar-refractivity contribution is 0.428. The average Bonchev–Trinajstić information content (AvgIpc) is 2.43. The van der Waals surface area contributed by atoms with Crippen molar-refractivity contribution >= 4 is 21.4 Å². The van der Waals surface area contributed by atoms with Gasteiger partial charge in [0.25, 0.3) is 0 Å². The molecular weight excluding hydrogens is 244 g/mol. The Hall–Kier alpha value is -0.940. The number of aromatic nitrogens is 3. The summed E-state index contributed by atoms with van der Waals surface area (Å²) >= 11 is 3.45. The minimum absolute atomic E-state index is 0.538. The van der Waals surface area contributed by atoms with Crippen LogP contribution in [-0.4, -0.2) is 27.5 Å². The molecule has 14 heavy (non-hydrogen) atoms. The standard InChI is InChI=1S/C9H9BrN4/c10-8-7-5-11-1-2-14(7)9(13-8)6-3-12-4-6/h1-2,5-6,12H,3-4H2. The van der Waals surface area contributed by atoms with Crippen molar-refractivity contribution in [2.45, 2.75) is 5.92 Å². The normalized spacial score (nSPS) is 17.2. The van der Waals surface area contributed by atoms with Gasteiger partial charge in [-0.25, -0.2) is 4.98 Å². The van der Waals surface area contributed by atoms with Gasteiger partial charge in [-0.15, -0.1) is 0 Å². The summed E-state index contributed by atoms with van der Waals surface area (Å²) in [7, 11) is 0. The highest BCUT2D eigenvalue weighted by molar-refractivity contribution is 9.10. The minimum Gasteiger partial charge on any atom is -0.315 e. The molecule has 2 aromatic heterocycles. The molecule has 1 fully saturated rings. The molecule has 1 aliphatic heterocycles. The molecule has 0 aromatic carbocycles. The number of imidazole rings is 1. The number of halogens is 1. The van der Waals surface area contributed by atoms with E-state index in [1.807, 2.05) is 12.4 Å². The van der Waals surface area contributed by atoms with E-state index in [4.69, 9.17) is 0 Å². The summed E-state index contributed by atoms with van der Waals surface area (Å²) in [5.74, 6) is 1.66. The van der Waals surface area contributed by atoms with Gasteiger partial charge >= 0.3 is 0 Å². The van der Waals surface area contributed by atoms with E-state index in [1.165, 1.54) is 0 Å². The lowest BCUT2D eigenvalue weighted by Crippen LogP contribution is -2.40. The zero-order chi connectivity index (χ0) is 9.54. The van der Waals surface area contributed by atoms with Crippen molar-refractivity contribution in [2.24, 2.45) is 0 Å². The van der Waals surface area contributed by atoms with Gasteiger partial charge in [-0.3, -0.25) is 9.38 Å². The summed E-state index contributed by atoms with van der Waals surface area (Å²) in [5.41, 5.74) is 1.04. The fourth-order valence-electron chi connectivity index (χ4n) is 1.68. The third kappa shape index (κ3) is 1.09. The summed E-state index contributed by atoms with van der Waals surface area (Å²) in [6, 6.07) is 0. The molecule has 0 spiro atoms. The van der Waals surface area contributed by atoms with Crippen LogP contribution in [0.1, 0.15) is 11.7 Å². The summed E-state index contributed by atoms with van der Waals surface area (Å²) in [6.45, 7) is 2.04. The van der Waals surface area contributed by atoms with E-state index in [2.05, 4.69) is 35.6 Å². The van der Waals surface area contributed by atoms with Crippen LogP contribution in [0.3, 0.4) is 0 Å². The molecule has 0 saturated carbocycles. The predicted molar refractivity (Wildman–Crippen MR) is 56.3 cm³/mol. The Morgan fingerprint density at radius 1 is 1.50 bits per heavy atom. The highest BCUT2D eigenvalue weighted by atomic mass is 79.9. The molecule has 0 radical (unpaired) electrons. The first-order valence-electron chi connectivity index (χ1n) is 4.54. The first-order valence-corrected chi connectivity index (χ1v) is 5.34. The molecule has 3 rings (SSSR count). The fourth-order valence-corrected chi connectivity index (χ4v) is 2.16. The maximum atomic E-state index is 4.51. The Morgan fingerprint density at radius 2 is 2.36 bits per heavy atom. The molecule has 1 saturated heterocycles. The third-order valence-electron chi connectivity index (χ3n) is 2.58. The molecule has 72 valence electrons. The maximum Gasteiger partial charge on any atom is 0.133 e. The minimum atomic E-state index is 0.538. The number of nitrogens with zero attached hydrogens (tertiary/aromatic N) is 3. The van der Waals surface area contributed by atoms with Crippen molar-refractivity contribution < 1.29 is 0 Å². The Kier molecular flexibility index (Phi) is 1.81. The van der Waals surface area contributed by atoms with Crippen LogP contribution in [0.25, 0.3) is 5.52 Å². The van der Waals surface area contributed by atoms with Gasteiger partial charge in [0.1, 0.15) is 10.4 Å². The van der Waals surface area contributed by atoms with Gasteiger partial charge in [0.15, 0.2) is 0 Å². The van der Waals surface area contributed by atoms with Crippen LogP contribution in [0.2, 0.25) is 0 Å². The summed E-state index contributed by atoms with van der Waals surface area (Å²) in [4.78, 5) is 8.60. The second kappa shape index (κ2) is 3.03. The lowest BCUT2D eigenvalue weighted by atomic mass is 10.0. The van der Waals surface area contributed by atoms with E-state index in [1.54, 1.807) is 6.20 Å². The molecule has 1 aliphatic rings. The van der Waals surface area contributed by atoms with Crippen LogP contribution < -0.4 is 5.32 Å². The van der Waals surface area contributed by atoms with Crippen molar-refractivity contribution in [3.05, 3.63) is 29.0 Å². The Morgan fingerprint density at radius 3 is 3.07 bits per heavy atom. The Balaban J connectivity index is 2.23. The summed E-state index contributed by atoms with van der Waals surface area (Å²) in [5, 5.41) is 3.25. The molecule has 0 aliphatic carbocycles. The third-order valence-corrected chi connectivity index (χ3v) is 3.16. The fraction of sp³-hybridized carbons (Fsp3) is 0.333. The van der Waals surface area contributed by atoms with Crippen LogP contribution >= 0.6 is 15.9 Å². The first-order chi connectivity index (χ1) is 6.86. The highest BCUT2D eigenvalue weighted by Crippen LogP contribution is 2.24. The number of hydrogen-bond donors (Lipinski definition) is 1. The first kappa shape index (κ1) is 8.38. The van der Waals surface area contributed by atoms with Crippen LogP contribution in [0.5, 0.6) is 0 Å². The monoisotopic (exact) mass is 252 g/mol. The molecule has 0 amide bonds. The second-order valence-corrected chi connectivity index (χ2v) is 4.20. The molecular formula is C9H9BrN4. The Bertz CT molecular complexity index is 475. The zero-order valence-corrected chi connectivity index (χ0v) is 9.03. The van der Waals surface area contributed by atoms with E-state index < -0.39 is 0 Å². The maximum absolute atomic E-state index is 4.51. The van der Waals surface area contributed by atoms with Crippen LogP contribution in [-0.2, 0) is 0 Å². The molecule has 0 atom stereocenters. The number of rotatable bonds is 1. The lowest BCUT2D eigenvalue weighted by Gasteiger charge is -2.25. The van der Waals surface area contributed by atoms with Crippen molar-refractivity contribution in [1.29, 1.82) is 0 Å². The molecule has 4 nitrogen and oxygen atoms in total. The topological polar surface area (TPSA) is 42.2 Å². The van der Waals surface area contributed by atoms with Gasteiger partial charge in [0, 0.05) is 31.4 Å². The van der Waals surface area contributed by atoms with Gasteiger partial charge in [0.2, 0.25) is 0 Å². The predicted octanol–water partition coefficient (Wildman–Crippen LogP) is 1.18. The molecule has 2 aromatic rings. The van der Waals surface area contributed by atoms with Crippen molar-refractivity contribution in [3.8, 4) is 0 Å². The summed E-state index contributed by atoms with van der Waals surface area (Å²) in [6.07, 6.45) is 5.57. The van der Waals surface area contributed by atoms with Gasteiger partial charge < -0.3 is 5.32 Å². The van der Waals surface area contributed by atoms with Gasteiger partial charge in [-0.05, 0) is 15.9 Å². The number of fused-ring (bicyclic) bond motifs is 1. The molecule has 0 bridgehead atoms. The number of nitrogens with one attached hydrogen (secondary N) is 1. The van der Waals surface area contributed by atoms with Crippen molar-refractivity contribution in [1.82, 2.24) is 19.7 Å². The van der Waals surface area contributed by atoms with E-state index in [0.717, 1.165) is 29.0 Å². The van der Waals surface area contributed by atoms with E-state index >= 15 is 0 Å². The van der Waals surface area contributed by atoms with Crippen LogP contribution in [0.4, 0.5) is 0 Å². The largest absolute Gasteiger partial charge is 0.315 e. The average molecular weight is 253 g/mol. The number of hydrogen-bond acceptors (Lipinski definition) is 3. The highest BCUT2D eigenvalue weighted by Gasteiger charge is 2.24. The van der Waals surface area contributed by atoms with E-state index in [-0.39, 0.29) is 0 Å². The molecule has 5 heteroatoms. The molecule has 3 heterocycles. The summed E-state index contributed by atoms with van der Waals surface area (Å²) < 4.78 is 2.98. The zero-order valence-electron chi connectivity index (χ0n) is 7.44. The van der Waals surface area contributed by atoms with Gasteiger partial charge in [-0.1, -0.05) is 0 Å². The molecule has 0 unspecified atom stereocenters. The van der Waals surface area contributed by atoms with E-state index in [9.17, 15) is 0 Å². The van der Waals surface area contributed by atoms with E-state index in [0.29, 0.717) is 5.92 Å². The van der Waals surface area contributed by atoms with Gasteiger partial charge in [-0.2, -0.15) is 0 Å². The van der Waals surface area contributed by atoms with Crippen LogP contribution in [0.15, 0.2) is 23.2 Å². The smallest absolute Gasteiger partial charge is 0.133 e. The molecule has 1 N–H and O–H groups in total. The Labute approximate surface area is 89.5 Å². The quantitative estimate of drug-likeness (QED) is 0.829.